The van der Waals surface area contributed by atoms with E-state index in [4.69, 9.17) is 10.7 Å². The lowest BCUT2D eigenvalue weighted by molar-refractivity contribution is 0.0977. The molecule has 180 valence electrons. The van der Waals surface area contributed by atoms with Crippen LogP contribution in [-0.4, -0.2) is 44.6 Å². The molecule has 1 aromatic carbocycles. The highest BCUT2D eigenvalue weighted by atomic mass is 16.1. The van der Waals surface area contributed by atoms with E-state index < -0.39 is 0 Å². The Morgan fingerprint density at radius 3 is 2.86 bits per heavy atom. The molecule has 1 saturated heterocycles. The van der Waals surface area contributed by atoms with Crippen molar-refractivity contribution in [3.8, 4) is 11.3 Å². The number of rotatable bonds is 6. The van der Waals surface area contributed by atoms with Crippen molar-refractivity contribution in [1.82, 2.24) is 24.6 Å². The van der Waals surface area contributed by atoms with Crippen molar-refractivity contribution < 1.29 is 4.79 Å². The Kier molecular flexibility index (Phi) is 7.22. The molecule has 2 aromatic heterocycles. The predicted octanol–water partition coefficient (Wildman–Crippen LogP) is 4.46. The number of anilines is 1. The van der Waals surface area contributed by atoms with Gasteiger partial charge in [-0.15, -0.1) is 0 Å². The van der Waals surface area contributed by atoms with Crippen molar-refractivity contribution in [3.05, 3.63) is 85.1 Å². The zero-order chi connectivity index (χ0) is 24.9. The summed E-state index contributed by atoms with van der Waals surface area (Å²) in [6.45, 7) is 10.2. The topological polar surface area (TPSA) is 101 Å². The van der Waals surface area contributed by atoms with E-state index in [1.165, 1.54) is 19.0 Å². The van der Waals surface area contributed by atoms with Crippen molar-refractivity contribution in [2.75, 3.05) is 19.3 Å². The fourth-order valence-corrected chi connectivity index (χ4v) is 4.54. The molecule has 0 saturated carbocycles. The average Bonchev–Trinajstić information content (AvgIpc) is 3.23. The van der Waals surface area contributed by atoms with Crippen molar-refractivity contribution in [2.24, 2.45) is 4.99 Å². The monoisotopic (exact) mass is 469 g/mol. The van der Waals surface area contributed by atoms with E-state index in [1.54, 1.807) is 30.5 Å². The number of benzene rings is 1. The van der Waals surface area contributed by atoms with Gasteiger partial charge in [0.1, 0.15) is 28.7 Å². The molecular formula is C27H31N7O. The number of aromatic nitrogens is 3. The van der Waals surface area contributed by atoms with E-state index in [2.05, 4.69) is 44.8 Å². The molecule has 1 aliphatic rings. The summed E-state index contributed by atoms with van der Waals surface area (Å²) >= 11 is 0. The molecule has 1 atom stereocenters. The molecule has 0 bridgehead atoms. The molecule has 1 aliphatic heterocycles. The number of hydrogen-bond acceptors (Lipinski definition) is 6. The Hall–Kier alpha value is -4.04. The van der Waals surface area contributed by atoms with Gasteiger partial charge in [-0.25, -0.2) is 15.0 Å². The van der Waals surface area contributed by atoms with Crippen LogP contribution in [-0.2, 0) is 0 Å². The second-order valence-corrected chi connectivity index (χ2v) is 8.62. The van der Waals surface area contributed by atoms with Crippen LogP contribution in [0, 0.1) is 6.92 Å². The third-order valence-corrected chi connectivity index (χ3v) is 6.28. The maximum Gasteiger partial charge on any atom is 0.256 e. The van der Waals surface area contributed by atoms with Crippen LogP contribution in [0.25, 0.3) is 16.8 Å². The van der Waals surface area contributed by atoms with Crippen LogP contribution in [0.4, 0.5) is 5.82 Å². The summed E-state index contributed by atoms with van der Waals surface area (Å²) in [5.41, 5.74) is 10.2. The number of aliphatic imine (C=N–C) groups is 1. The first-order chi connectivity index (χ1) is 16.9. The second kappa shape index (κ2) is 10.5. The Bertz CT molecular complexity index is 1330. The quantitative estimate of drug-likeness (QED) is 0.315. The number of piperidine rings is 1. The highest BCUT2D eigenvalue weighted by Gasteiger charge is 2.27. The molecule has 1 amide bonds. The van der Waals surface area contributed by atoms with Gasteiger partial charge in [0.05, 0.1) is 6.04 Å². The number of imidazole rings is 1. The first kappa shape index (κ1) is 24.1. The van der Waals surface area contributed by atoms with Crippen LogP contribution in [0.5, 0.6) is 0 Å². The highest BCUT2D eigenvalue weighted by molar-refractivity contribution is 6.10. The van der Waals surface area contributed by atoms with Crippen LogP contribution >= 0.6 is 0 Å². The molecular weight excluding hydrogens is 438 g/mol. The first-order valence-electron chi connectivity index (χ1n) is 11.7. The number of amidine groups is 1. The summed E-state index contributed by atoms with van der Waals surface area (Å²) in [6, 6.07) is 5.75. The third-order valence-electron chi connectivity index (χ3n) is 6.28. The molecule has 8 heteroatoms. The number of nitrogens with zero attached hydrogens (tertiary/aromatic N) is 5. The van der Waals surface area contributed by atoms with Crippen LogP contribution < -0.4 is 11.1 Å². The minimum absolute atomic E-state index is 0.211. The van der Waals surface area contributed by atoms with Crippen LogP contribution in [0.2, 0.25) is 0 Å². The number of fused-ring (bicyclic) bond motifs is 1. The summed E-state index contributed by atoms with van der Waals surface area (Å²) in [4.78, 5) is 28.7. The molecule has 0 spiro atoms. The second-order valence-electron chi connectivity index (χ2n) is 8.62. The minimum Gasteiger partial charge on any atom is -0.382 e. The smallest absolute Gasteiger partial charge is 0.256 e. The minimum atomic E-state index is -0.269. The number of nitrogen functional groups attached to an aromatic ring is 1. The zero-order valence-corrected chi connectivity index (χ0v) is 20.2. The number of carbonyl (C=O) groups is 1. The molecule has 0 aliphatic carbocycles. The van der Waals surface area contributed by atoms with Gasteiger partial charge in [0.25, 0.3) is 5.91 Å². The molecule has 3 aromatic rings. The normalized spacial score (nSPS) is 17.1. The Balaban J connectivity index is 1.72. The lowest BCUT2D eigenvalue weighted by atomic mass is 10.0. The Morgan fingerprint density at radius 2 is 2.14 bits per heavy atom. The zero-order valence-electron chi connectivity index (χ0n) is 20.2. The van der Waals surface area contributed by atoms with Gasteiger partial charge >= 0.3 is 0 Å². The molecule has 0 unspecified atom stereocenters. The van der Waals surface area contributed by atoms with E-state index in [1.807, 2.05) is 25.3 Å². The van der Waals surface area contributed by atoms with Gasteiger partial charge in [-0.2, -0.15) is 0 Å². The van der Waals surface area contributed by atoms with Gasteiger partial charge in [0.15, 0.2) is 0 Å². The number of amides is 1. The van der Waals surface area contributed by atoms with Crippen molar-refractivity contribution >= 4 is 23.1 Å². The van der Waals surface area contributed by atoms with Gasteiger partial charge in [-0.3, -0.25) is 14.1 Å². The maximum atomic E-state index is 12.9. The number of carbonyl (C=O) groups excluding carboxylic acids is 1. The van der Waals surface area contributed by atoms with Gasteiger partial charge in [0.2, 0.25) is 0 Å². The molecule has 0 radical (unpaired) electrons. The maximum absolute atomic E-state index is 12.9. The van der Waals surface area contributed by atoms with Gasteiger partial charge in [-0.1, -0.05) is 37.8 Å². The fraction of sp³-hybridized carbons (Fsp3) is 0.259. The lowest BCUT2D eigenvalue weighted by Gasteiger charge is -2.31. The standard InChI is InChI=1S/C27H31N7O/c1-5-7-11-22(29-6-2)31-27(35)19-12-13-20(18(3)17-19)23-24-25(28)30-14-16-34(24)26(32-23)21-10-8-9-15-33(21)4/h5-7,11-14,16-17,21H,1-2,8-10,15H2,3-4H3,(H2,28,30)(H,29,31,35)/b11-7-/t21-/m0/s1. The van der Waals surface area contributed by atoms with Crippen molar-refractivity contribution in [1.29, 1.82) is 0 Å². The van der Waals surface area contributed by atoms with E-state index >= 15 is 0 Å². The molecule has 35 heavy (non-hydrogen) atoms. The first-order valence-corrected chi connectivity index (χ1v) is 11.7. The largest absolute Gasteiger partial charge is 0.382 e. The predicted molar refractivity (Wildman–Crippen MR) is 141 cm³/mol. The lowest BCUT2D eigenvalue weighted by Crippen LogP contribution is -2.30. The van der Waals surface area contributed by atoms with Crippen LogP contribution in [0.15, 0.2) is 73.2 Å². The number of hydrogen-bond donors (Lipinski definition) is 2. The molecule has 3 N–H and O–H groups in total. The van der Waals surface area contributed by atoms with Crippen molar-refractivity contribution in [2.45, 2.75) is 32.2 Å². The van der Waals surface area contributed by atoms with Gasteiger partial charge in [-0.05, 0) is 57.1 Å². The number of nitrogens with two attached hydrogens (primary N) is 1. The fourth-order valence-electron chi connectivity index (χ4n) is 4.54. The number of likely N-dealkylation sites (tertiary alicyclic amines) is 1. The summed E-state index contributed by atoms with van der Waals surface area (Å²) in [6.07, 6.45) is 13.4. The van der Waals surface area contributed by atoms with Gasteiger partial charge in [0, 0.05) is 29.7 Å². The summed E-state index contributed by atoms with van der Waals surface area (Å²) < 4.78 is 2.06. The summed E-state index contributed by atoms with van der Waals surface area (Å²) in [5, 5.41) is 2.80. The number of allylic oxidation sites excluding steroid dienone is 2. The van der Waals surface area contributed by atoms with E-state index in [0.29, 0.717) is 17.2 Å². The summed E-state index contributed by atoms with van der Waals surface area (Å²) in [5.74, 6) is 1.51. The van der Waals surface area contributed by atoms with E-state index in [-0.39, 0.29) is 11.9 Å². The summed E-state index contributed by atoms with van der Waals surface area (Å²) in [7, 11) is 2.14. The average molecular weight is 470 g/mol. The highest BCUT2D eigenvalue weighted by Crippen LogP contribution is 2.36. The van der Waals surface area contributed by atoms with Crippen LogP contribution in [0.3, 0.4) is 0 Å². The van der Waals surface area contributed by atoms with Crippen molar-refractivity contribution in [3.63, 3.8) is 0 Å². The Labute approximate surface area is 205 Å². The number of aryl methyl sites for hydroxylation is 1. The molecule has 1 fully saturated rings. The van der Waals surface area contributed by atoms with Gasteiger partial charge < -0.3 is 11.1 Å². The molecule has 4 rings (SSSR count). The van der Waals surface area contributed by atoms with E-state index in [0.717, 1.165) is 41.1 Å². The number of nitrogens with one attached hydrogen (secondary N) is 1. The molecule has 8 nitrogen and oxygen atoms in total. The Morgan fingerprint density at radius 1 is 1.31 bits per heavy atom. The van der Waals surface area contributed by atoms with E-state index in [9.17, 15) is 4.79 Å². The molecule has 3 heterocycles. The SMILES string of the molecule is C=C/C=C\C(=NC=C)NC(=O)c1ccc(-c2nc([C@@H]3CCCCN3C)n3ccnc(N)c23)c(C)c1. The third kappa shape index (κ3) is 4.93. The van der Waals surface area contributed by atoms with Crippen LogP contribution in [0.1, 0.15) is 47.1 Å².